The van der Waals surface area contributed by atoms with E-state index >= 15 is 0 Å². The third kappa shape index (κ3) is 48.6. The molecule has 0 saturated carbocycles. The number of carbonyl (C=O) groups excluding carboxylic acids is 4. The van der Waals surface area contributed by atoms with Crippen molar-refractivity contribution in [3.63, 3.8) is 0 Å². The van der Waals surface area contributed by atoms with Crippen molar-refractivity contribution in [1.29, 1.82) is 0 Å². The highest BCUT2D eigenvalue weighted by Crippen LogP contribution is 2.14. The van der Waals surface area contributed by atoms with Crippen molar-refractivity contribution < 1.29 is 38.1 Å². The summed E-state index contributed by atoms with van der Waals surface area (Å²) in [5.74, 6) is -0.726. The van der Waals surface area contributed by atoms with E-state index in [0.717, 1.165) is 97.3 Å². The van der Waals surface area contributed by atoms with Crippen LogP contribution in [0.2, 0.25) is 0 Å². The highest BCUT2D eigenvalue weighted by Gasteiger charge is 2.16. The summed E-state index contributed by atoms with van der Waals surface area (Å²) in [5, 5.41) is 0. The summed E-state index contributed by atoms with van der Waals surface area (Å²) in [6.07, 6.45) is 39.6. The smallest absolute Gasteiger partial charge is 0.307 e. The summed E-state index contributed by atoms with van der Waals surface area (Å²) < 4.78 is 21.8. The fraction of sp³-hybridized carbons (Fsp3) is 0.933. The Morgan fingerprint density at radius 3 is 0.750 bits per heavy atom. The van der Waals surface area contributed by atoms with E-state index in [9.17, 15) is 19.2 Å². The molecule has 0 saturated heterocycles. The lowest BCUT2D eigenvalue weighted by Crippen LogP contribution is -2.40. The van der Waals surface area contributed by atoms with Gasteiger partial charge >= 0.3 is 23.9 Å². The van der Waals surface area contributed by atoms with E-state index in [4.69, 9.17) is 18.9 Å². The molecule has 0 unspecified atom stereocenters. The summed E-state index contributed by atoms with van der Waals surface area (Å²) in [6.45, 7) is 21.8. The molecule has 12 heteroatoms. The lowest BCUT2D eigenvalue weighted by molar-refractivity contribution is -0.145. The second-order valence-electron chi connectivity index (χ2n) is 20.7. The minimum absolute atomic E-state index is 0.158. The molecule has 0 atom stereocenters. The van der Waals surface area contributed by atoms with Crippen LogP contribution in [-0.4, -0.2) is 149 Å². The van der Waals surface area contributed by atoms with Crippen LogP contribution in [0.3, 0.4) is 0 Å². The number of carbonyl (C=O) groups is 4. The van der Waals surface area contributed by atoms with E-state index in [2.05, 4.69) is 54.2 Å². The van der Waals surface area contributed by atoms with Crippen LogP contribution in [0.25, 0.3) is 0 Å². The highest BCUT2D eigenvalue weighted by atomic mass is 16.5. The van der Waals surface area contributed by atoms with Crippen molar-refractivity contribution >= 4 is 23.9 Å². The highest BCUT2D eigenvalue weighted by molar-refractivity contribution is 5.70. The fourth-order valence-electron chi connectivity index (χ4n) is 9.25. The van der Waals surface area contributed by atoms with Crippen LogP contribution < -0.4 is 0 Å². The van der Waals surface area contributed by atoms with Crippen LogP contribution in [0.4, 0.5) is 0 Å². The largest absolute Gasteiger partial charge is 0.469 e. The zero-order valence-electron chi connectivity index (χ0n) is 48.4. The Kier molecular flexibility index (Phi) is 53.2. The minimum Gasteiger partial charge on any atom is -0.469 e. The van der Waals surface area contributed by atoms with Gasteiger partial charge in [0, 0.05) is 52.4 Å². The predicted molar refractivity (Wildman–Crippen MR) is 301 cm³/mol. The zero-order chi connectivity index (χ0) is 52.8. The van der Waals surface area contributed by atoms with Gasteiger partial charge in [-0.2, -0.15) is 0 Å². The van der Waals surface area contributed by atoms with Gasteiger partial charge in [0.1, 0.15) is 0 Å². The van der Waals surface area contributed by atoms with Gasteiger partial charge in [-0.15, -0.1) is 0 Å². The standard InChI is InChI=1S/C60H118N4O8/c1-7-12-15-18-21-24-27-30-33-36-54-70-58(66)41-47-63(46-40-57(65)69-6)52-50-61(10-4)44-39-45-62(11-5)51-53-64(48-42-59(67)71-55-37-34-31-28-25-22-19-16-13-8-2)49-43-60(68)72-56-38-35-32-29-26-23-20-17-14-9-3/h7-56H2,1-6H3. The number of hydrogen-bond acceptors (Lipinski definition) is 12. The first-order valence-corrected chi connectivity index (χ1v) is 30.7. The Morgan fingerprint density at radius 2 is 0.500 bits per heavy atom. The van der Waals surface area contributed by atoms with E-state index in [1.54, 1.807) is 0 Å². The van der Waals surface area contributed by atoms with Crippen molar-refractivity contribution in [3.8, 4) is 0 Å². The molecule has 0 heterocycles. The average Bonchev–Trinajstić information content (AvgIpc) is 3.38. The van der Waals surface area contributed by atoms with Crippen LogP contribution in [0, 0.1) is 0 Å². The molecule has 0 spiro atoms. The van der Waals surface area contributed by atoms with Gasteiger partial charge in [0.05, 0.1) is 52.6 Å². The van der Waals surface area contributed by atoms with Gasteiger partial charge in [-0.1, -0.05) is 208 Å². The van der Waals surface area contributed by atoms with Crippen LogP contribution >= 0.6 is 0 Å². The Hall–Kier alpha value is -2.28. The molecular formula is C60H118N4O8. The molecule has 0 fully saturated rings. The number of methoxy groups -OCH3 is 1. The Labute approximate surface area is 444 Å². The van der Waals surface area contributed by atoms with Gasteiger partial charge in [0.2, 0.25) is 0 Å². The van der Waals surface area contributed by atoms with Crippen molar-refractivity contribution in [2.24, 2.45) is 0 Å². The molecule has 0 N–H and O–H groups in total. The van der Waals surface area contributed by atoms with Crippen molar-refractivity contribution in [2.45, 2.75) is 259 Å². The Balaban J connectivity index is 4.95. The normalized spacial score (nSPS) is 11.6. The van der Waals surface area contributed by atoms with E-state index in [1.807, 2.05) is 0 Å². The van der Waals surface area contributed by atoms with Gasteiger partial charge in [-0.25, -0.2) is 0 Å². The molecule has 12 nitrogen and oxygen atoms in total. The SMILES string of the molecule is CCCCCCCCCCCCOC(=O)CCN(CCC(=O)OC)CCN(CC)CCCN(CC)CCN(CCC(=O)OCCCCCCCCCCCC)CCC(=O)OCCCCCCCCCCCC. The summed E-state index contributed by atoms with van der Waals surface area (Å²) >= 11 is 0. The van der Waals surface area contributed by atoms with Crippen molar-refractivity contribution in [2.75, 3.05) is 105 Å². The maximum Gasteiger partial charge on any atom is 0.307 e. The van der Waals surface area contributed by atoms with Gasteiger partial charge < -0.3 is 38.5 Å². The predicted octanol–water partition coefficient (Wildman–Crippen LogP) is 13.7. The third-order valence-corrected chi connectivity index (χ3v) is 14.3. The van der Waals surface area contributed by atoms with Gasteiger partial charge in [-0.05, 0) is 51.9 Å². The lowest BCUT2D eigenvalue weighted by Gasteiger charge is -2.29. The molecule has 426 valence electrons. The quantitative estimate of drug-likeness (QED) is 0.0328. The maximum atomic E-state index is 12.9. The van der Waals surface area contributed by atoms with Crippen molar-refractivity contribution in [1.82, 2.24) is 19.6 Å². The van der Waals surface area contributed by atoms with Gasteiger partial charge in [0.25, 0.3) is 0 Å². The first kappa shape index (κ1) is 69.7. The van der Waals surface area contributed by atoms with Crippen LogP contribution in [0.1, 0.15) is 259 Å². The third-order valence-electron chi connectivity index (χ3n) is 14.3. The number of nitrogens with zero attached hydrogens (tertiary/aromatic N) is 4. The summed E-state index contributed by atoms with van der Waals surface area (Å²) in [7, 11) is 1.42. The molecular weight excluding hydrogens is 905 g/mol. The molecule has 0 radical (unpaired) electrons. The summed E-state index contributed by atoms with van der Waals surface area (Å²) in [4.78, 5) is 59.8. The maximum absolute atomic E-state index is 12.9. The number of unbranched alkanes of at least 4 members (excludes halogenated alkanes) is 27. The number of rotatable bonds is 57. The average molecular weight is 1020 g/mol. The molecule has 0 aromatic carbocycles. The second-order valence-corrected chi connectivity index (χ2v) is 20.7. The van der Waals surface area contributed by atoms with E-state index in [0.29, 0.717) is 71.7 Å². The van der Waals surface area contributed by atoms with Gasteiger partial charge in [-0.3, -0.25) is 19.2 Å². The molecule has 0 aromatic heterocycles. The molecule has 0 bridgehead atoms. The monoisotopic (exact) mass is 1020 g/mol. The van der Waals surface area contributed by atoms with E-state index in [1.165, 1.54) is 161 Å². The molecule has 0 aliphatic heterocycles. The molecule has 0 aromatic rings. The molecule has 0 aliphatic rings. The summed E-state index contributed by atoms with van der Waals surface area (Å²) in [6, 6.07) is 0. The van der Waals surface area contributed by atoms with Crippen LogP contribution in [0.5, 0.6) is 0 Å². The fourth-order valence-corrected chi connectivity index (χ4v) is 9.25. The topological polar surface area (TPSA) is 118 Å². The first-order chi connectivity index (χ1) is 35.2. The van der Waals surface area contributed by atoms with E-state index < -0.39 is 0 Å². The number of esters is 4. The van der Waals surface area contributed by atoms with Gasteiger partial charge in [0.15, 0.2) is 0 Å². The number of ether oxygens (including phenoxy) is 4. The molecule has 72 heavy (non-hydrogen) atoms. The Morgan fingerprint density at radius 1 is 0.264 bits per heavy atom. The van der Waals surface area contributed by atoms with Crippen LogP contribution in [0.15, 0.2) is 0 Å². The second kappa shape index (κ2) is 55.0. The first-order valence-electron chi connectivity index (χ1n) is 30.7. The van der Waals surface area contributed by atoms with Crippen molar-refractivity contribution in [3.05, 3.63) is 0 Å². The number of likely N-dealkylation sites (N-methyl/N-ethyl adjacent to an activating group) is 2. The molecule has 0 amide bonds. The molecule has 0 aliphatic carbocycles. The van der Waals surface area contributed by atoms with E-state index in [-0.39, 0.29) is 23.9 Å². The van der Waals surface area contributed by atoms with Crippen LogP contribution in [-0.2, 0) is 38.1 Å². The Bertz CT molecular complexity index is 1170. The zero-order valence-corrected chi connectivity index (χ0v) is 48.4. The minimum atomic E-state index is -0.242. The molecule has 0 rings (SSSR count). The lowest BCUT2D eigenvalue weighted by atomic mass is 10.1. The number of hydrogen-bond donors (Lipinski definition) is 0. The summed E-state index contributed by atoms with van der Waals surface area (Å²) in [5.41, 5.74) is 0.